The first-order valence-electron chi connectivity index (χ1n) is 6.78. The molecule has 5 nitrogen and oxygen atoms in total. The van der Waals surface area contributed by atoms with Crippen molar-refractivity contribution in [3.8, 4) is 0 Å². The molecule has 2 unspecified atom stereocenters. The fourth-order valence-corrected chi connectivity index (χ4v) is 2.35. The van der Waals surface area contributed by atoms with Gasteiger partial charge in [-0.05, 0) is 31.6 Å². The summed E-state index contributed by atoms with van der Waals surface area (Å²) in [6.45, 7) is 3.46. The topological polar surface area (TPSA) is 83.6 Å². The van der Waals surface area contributed by atoms with Gasteiger partial charge in [-0.25, -0.2) is 0 Å². The lowest BCUT2D eigenvalue weighted by Gasteiger charge is -2.33. The van der Waals surface area contributed by atoms with Gasteiger partial charge in [0, 0.05) is 32.0 Å². The zero-order valence-corrected chi connectivity index (χ0v) is 11.1. The van der Waals surface area contributed by atoms with Crippen molar-refractivity contribution >= 4 is 11.9 Å². The largest absolute Gasteiger partial charge is 0.481 e. The molecule has 2 atom stereocenters. The minimum atomic E-state index is -0.758. The number of rotatable bonds is 6. The maximum atomic E-state index is 12.0. The van der Waals surface area contributed by atoms with E-state index in [1.54, 1.807) is 0 Å². The van der Waals surface area contributed by atoms with Crippen LogP contribution in [0.5, 0.6) is 0 Å². The molecule has 0 aromatic heterocycles. The van der Waals surface area contributed by atoms with E-state index in [0.29, 0.717) is 25.3 Å². The van der Waals surface area contributed by atoms with Crippen molar-refractivity contribution in [3.05, 3.63) is 0 Å². The van der Waals surface area contributed by atoms with E-state index in [9.17, 15) is 9.59 Å². The number of piperidine rings is 1. The Morgan fingerprint density at radius 2 is 2.22 bits per heavy atom. The van der Waals surface area contributed by atoms with E-state index in [0.717, 1.165) is 25.8 Å². The van der Waals surface area contributed by atoms with E-state index in [-0.39, 0.29) is 18.4 Å². The van der Waals surface area contributed by atoms with Gasteiger partial charge in [0.15, 0.2) is 0 Å². The summed E-state index contributed by atoms with van der Waals surface area (Å²) in [6.07, 6.45) is 4.07. The Kier molecular flexibility index (Phi) is 6.12. The molecule has 0 bridgehead atoms. The van der Waals surface area contributed by atoms with Crippen molar-refractivity contribution in [1.82, 2.24) is 4.90 Å². The average molecular weight is 256 g/mol. The van der Waals surface area contributed by atoms with Crippen molar-refractivity contribution in [1.29, 1.82) is 0 Å². The number of amides is 1. The van der Waals surface area contributed by atoms with E-state index in [1.807, 2.05) is 11.8 Å². The van der Waals surface area contributed by atoms with Crippen molar-refractivity contribution in [3.63, 3.8) is 0 Å². The number of carboxylic acid groups (broad SMARTS) is 1. The number of hydrogen-bond donors (Lipinski definition) is 2. The monoisotopic (exact) mass is 256 g/mol. The molecule has 1 saturated heterocycles. The maximum absolute atomic E-state index is 12.0. The molecular weight excluding hydrogens is 232 g/mol. The van der Waals surface area contributed by atoms with E-state index in [2.05, 4.69) is 0 Å². The van der Waals surface area contributed by atoms with E-state index >= 15 is 0 Å². The van der Waals surface area contributed by atoms with Crippen LogP contribution in [0.4, 0.5) is 0 Å². The number of nitrogens with two attached hydrogens (primary N) is 1. The predicted octanol–water partition coefficient (Wildman–Crippen LogP) is 1.22. The lowest BCUT2D eigenvalue weighted by Crippen LogP contribution is -2.42. The minimum Gasteiger partial charge on any atom is -0.481 e. The number of carbonyl (C=O) groups is 2. The highest BCUT2D eigenvalue weighted by atomic mass is 16.4. The third-order valence-corrected chi connectivity index (χ3v) is 3.60. The number of aliphatic carboxylic acids is 1. The Labute approximate surface area is 108 Å². The molecule has 1 amide bonds. The second-order valence-corrected chi connectivity index (χ2v) is 5.15. The zero-order valence-electron chi connectivity index (χ0n) is 11.1. The summed E-state index contributed by atoms with van der Waals surface area (Å²) >= 11 is 0. The third kappa shape index (κ3) is 5.04. The van der Waals surface area contributed by atoms with Crippen LogP contribution in [0, 0.1) is 5.92 Å². The summed E-state index contributed by atoms with van der Waals surface area (Å²) in [5, 5.41) is 8.67. The SMILES string of the molecule is CCC(N)CC(=O)N1CCCC(CCC(=O)O)C1. The molecule has 5 heteroatoms. The predicted molar refractivity (Wildman–Crippen MR) is 69.1 cm³/mol. The van der Waals surface area contributed by atoms with Crippen LogP contribution in [0.25, 0.3) is 0 Å². The van der Waals surface area contributed by atoms with E-state index < -0.39 is 5.97 Å². The van der Waals surface area contributed by atoms with Gasteiger partial charge in [0.25, 0.3) is 0 Å². The Morgan fingerprint density at radius 3 is 2.83 bits per heavy atom. The fraction of sp³-hybridized carbons (Fsp3) is 0.846. The molecule has 0 saturated carbocycles. The lowest BCUT2D eigenvalue weighted by atomic mass is 9.93. The number of likely N-dealkylation sites (tertiary alicyclic amines) is 1. The Bertz CT molecular complexity index is 294. The molecule has 0 aromatic rings. The van der Waals surface area contributed by atoms with Crippen LogP contribution in [0.1, 0.15) is 45.4 Å². The van der Waals surface area contributed by atoms with Crippen LogP contribution in [0.15, 0.2) is 0 Å². The zero-order chi connectivity index (χ0) is 13.5. The minimum absolute atomic E-state index is 0.0584. The highest BCUT2D eigenvalue weighted by molar-refractivity contribution is 5.76. The van der Waals surface area contributed by atoms with Crippen molar-refractivity contribution < 1.29 is 14.7 Å². The first-order valence-corrected chi connectivity index (χ1v) is 6.78. The Morgan fingerprint density at radius 1 is 1.50 bits per heavy atom. The molecule has 18 heavy (non-hydrogen) atoms. The highest BCUT2D eigenvalue weighted by Gasteiger charge is 2.24. The Hall–Kier alpha value is -1.10. The molecule has 0 aliphatic carbocycles. The summed E-state index contributed by atoms with van der Waals surface area (Å²) in [4.78, 5) is 24.4. The summed E-state index contributed by atoms with van der Waals surface area (Å²) in [7, 11) is 0. The van der Waals surface area contributed by atoms with Crippen molar-refractivity contribution in [2.75, 3.05) is 13.1 Å². The van der Waals surface area contributed by atoms with Gasteiger partial charge in [-0.15, -0.1) is 0 Å². The van der Waals surface area contributed by atoms with Gasteiger partial charge >= 0.3 is 5.97 Å². The molecule has 1 fully saturated rings. The van der Waals surface area contributed by atoms with Crippen molar-refractivity contribution in [2.45, 2.75) is 51.5 Å². The number of hydrogen-bond acceptors (Lipinski definition) is 3. The van der Waals surface area contributed by atoms with Crippen LogP contribution in [-0.4, -0.2) is 41.0 Å². The second kappa shape index (κ2) is 7.36. The van der Waals surface area contributed by atoms with Crippen LogP contribution in [-0.2, 0) is 9.59 Å². The first-order chi connectivity index (χ1) is 8.52. The summed E-state index contributed by atoms with van der Waals surface area (Å²) in [6, 6.07) is -0.0584. The summed E-state index contributed by atoms with van der Waals surface area (Å²) in [5.74, 6) is -0.313. The van der Waals surface area contributed by atoms with Gasteiger partial charge in [-0.3, -0.25) is 9.59 Å². The van der Waals surface area contributed by atoms with Gasteiger partial charge in [-0.2, -0.15) is 0 Å². The molecule has 0 aromatic carbocycles. The van der Waals surface area contributed by atoms with E-state index in [1.165, 1.54) is 0 Å². The standard InChI is InChI=1S/C13H24N2O3/c1-2-11(14)8-12(16)15-7-3-4-10(9-15)5-6-13(17)18/h10-11H,2-9,14H2,1H3,(H,17,18). The molecule has 1 rings (SSSR count). The smallest absolute Gasteiger partial charge is 0.303 e. The number of carbonyl (C=O) groups excluding carboxylic acids is 1. The molecule has 3 N–H and O–H groups in total. The molecular formula is C13H24N2O3. The third-order valence-electron chi connectivity index (χ3n) is 3.60. The molecule has 1 heterocycles. The van der Waals surface area contributed by atoms with Crippen LogP contribution in [0.2, 0.25) is 0 Å². The maximum Gasteiger partial charge on any atom is 0.303 e. The normalized spacial score (nSPS) is 21.7. The molecule has 104 valence electrons. The Balaban J connectivity index is 2.38. The quantitative estimate of drug-likeness (QED) is 0.748. The molecule has 0 radical (unpaired) electrons. The van der Waals surface area contributed by atoms with Gasteiger partial charge in [0.2, 0.25) is 5.91 Å². The summed E-state index contributed by atoms with van der Waals surface area (Å²) in [5.41, 5.74) is 5.79. The molecule has 1 aliphatic heterocycles. The average Bonchev–Trinajstić information content (AvgIpc) is 2.36. The highest BCUT2D eigenvalue weighted by Crippen LogP contribution is 2.21. The van der Waals surface area contributed by atoms with Gasteiger partial charge in [-0.1, -0.05) is 6.92 Å². The fourth-order valence-electron chi connectivity index (χ4n) is 2.35. The summed E-state index contributed by atoms with van der Waals surface area (Å²) < 4.78 is 0. The van der Waals surface area contributed by atoms with Gasteiger partial charge < -0.3 is 15.7 Å². The van der Waals surface area contributed by atoms with Crippen molar-refractivity contribution in [2.24, 2.45) is 11.7 Å². The van der Waals surface area contributed by atoms with Crippen LogP contribution >= 0.6 is 0 Å². The lowest BCUT2D eigenvalue weighted by molar-refractivity contribution is -0.137. The number of nitrogens with zero attached hydrogens (tertiary/aromatic N) is 1. The van der Waals surface area contributed by atoms with Gasteiger partial charge in [0.05, 0.1) is 0 Å². The second-order valence-electron chi connectivity index (χ2n) is 5.15. The van der Waals surface area contributed by atoms with Crippen LogP contribution in [0.3, 0.4) is 0 Å². The molecule has 1 aliphatic rings. The van der Waals surface area contributed by atoms with Gasteiger partial charge in [0.1, 0.15) is 0 Å². The first kappa shape index (κ1) is 15.0. The number of carboxylic acids is 1. The van der Waals surface area contributed by atoms with E-state index in [4.69, 9.17) is 10.8 Å². The van der Waals surface area contributed by atoms with Crippen LogP contribution < -0.4 is 5.73 Å². The molecule has 0 spiro atoms.